The minimum atomic E-state index is -0.273. The molecule has 0 saturated heterocycles. The smallest absolute Gasteiger partial charge is 0.263 e. The van der Waals surface area contributed by atoms with E-state index in [0.29, 0.717) is 23.1 Å². The van der Waals surface area contributed by atoms with Gasteiger partial charge in [0, 0.05) is 17.3 Å². The van der Waals surface area contributed by atoms with Crippen molar-refractivity contribution >= 4 is 34.1 Å². The Labute approximate surface area is 167 Å². The molecule has 0 fully saturated rings. The third-order valence-electron chi connectivity index (χ3n) is 4.30. The predicted molar refractivity (Wildman–Crippen MR) is 111 cm³/mol. The van der Waals surface area contributed by atoms with E-state index in [1.807, 2.05) is 24.4 Å². The number of halogens is 1. The summed E-state index contributed by atoms with van der Waals surface area (Å²) in [6.07, 6.45) is 1.84. The summed E-state index contributed by atoms with van der Waals surface area (Å²) in [5, 5.41) is 10.2. The highest BCUT2D eigenvalue weighted by Crippen LogP contribution is 2.20. The lowest BCUT2D eigenvalue weighted by Crippen LogP contribution is -2.20. The molecule has 1 heterocycles. The molecule has 0 bridgehead atoms. The average Bonchev–Trinajstić information content (AvgIpc) is 3.14. The van der Waals surface area contributed by atoms with Gasteiger partial charge in [-0.15, -0.1) is 0 Å². The number of hydrogen-bond donors (Lipinski definition) is 1. The zero-order valence-corrected chi connectivity index (χ0v) is 15.8. The highest BCUT2D eigenvalue weighted by atomic mass is 35.5. The van der Waals surface area contributed by atoms with Crippen LogP contribution in [-0.2, 0) is 11.3 Å². The first-order valence-corrected chi connectivity index (χ1v) is 9.23. The maximum Gasteiger partial charge on any atom is 0.263 e. The molecule has 1 N–H and O–H groups in total. The van der Waals surface area contributed by atoms with E-state index in [-0.39, 0.29) is 12.5 Å². The summed E-state index contributed by atoms with van der Waals surface area (Å²) in [7, 11) is 0. The van der Waals surface area contributed by atoms with Crippen LogP contribution >= 0.6 is 11.6 Å². The Kier molecular flexibility index (Phi) is 5.26. The number of fused-ring (bicyclic) bond motifs is 1. The molecule has 140 valence electrons. The van der Waals surface area contributed by atoms with Gasteiger partial charge in [-0.1, -0.05) is 54.1 Å². The summed E-state index contributed by atoms with van der Waals surface area (Å²) in [5.74, 6) is 0.802. The van der Waals surface area contributed by atoms with Gasteiger partial charge in [-0.2, -0.15) is 5.10 Å². The number of ether oxygens (including phenoxy) is 1. The fourth-order valence-electron chi connectivity index (χ4n) is 2.98. The number of nitrogens with one attached hydrogen (secondary N) is 1. The van der Waals surface area contributed by atoms with Crippen LogP contribution in [0.1, 0.15) is 5.56 Å². The Hall–Kier alpha value is -3.31. The number of carbonyl (C=O) groups excluding carboxylic acids is 1. The van der Waals surface area contributed by atoms with Crippen molar-refractivity contribution in [2.24, 2.45) is 0 Å². The molecule has 28 heavy (non-hydrogen) atoms. The van der Waals surface area contributed by atoms with Crippen LogP contribution in [-0.4, -0.2) is 22.3 Å². The second-order valence-corrected chi connectivity index (χ2v) is 6.76. The first-order chi connectivity index (χ1) is 13.7. The predicted octanol–water partition coefficient (Wildman–Crippen LogP) is 4.76. The maximum atomic E-state index is 12.1. The molecule has 1 aromatic heterocycles. The Balaban J connectivity index is 1.37. The van der Waals surface area contributed by atoms with E-state index in [2.05, 4.69) is 34.7 Å². The maximum absolute atomic E-state index is 12.1. The minimum absolute atomic E-state index is 0.0994. The van der Waals surface area contributed by atoms with Crippen LogP contribution in [0.4, 0.5) is 5.82 Å². The molecule has 0 unspecified atom stereocenters. The van der Waals surface area contributed by atoms with E-state index < -0.39 is 0 Å². The van der Waals surface area contributed by atoms with Crippen molar-refractivity contribution < 1.29 is 9.53 Å². The molecule has 4 aromatic rings. The number of hydrogen-bond acceptors (Lipinski definition) is 3. The number of aromatic nitrogens is 2. The van der Waals surface area contributed by atoms with E-state index >= 15 is 0 Å². The molecule has 0 aliphatic rings. The second kappa shape index (κ2) is 8.15. The Bertz CT molecular complexity index is 1100. The molecule has 4 rings (SSSR count). The molecular weight excluding hydrogens is 374 g/mol. The zero-order chi connectivity index (χ0) is 19.3. The summed E-state index contributed by atoms with van der Waals surface area (Å²) in [5.41, 5.74) is 1.17. The fraction of sp³-hybridized carbons (Fsp3) is 0.0909. The van der Waals surface area contributed by atoms with Crippen molar-refractivity contribution in [3.63, 3.8) is 0 Å². The van der Waals surface area contributed by atoms with Crippen LogP contribution < -0.4 is 10.1 Å². The molecule has 0 radical (unpaired) electrons. The van der Waals surface area contributed by atoms with Crippen molar-refractivity contribution in [3.05, 3.63) is 89.6 Å². The first kappa shape index (κ1) is 18.1. The molecule has 0 atom stereocenters. The Morgan fingerprint density at radius 1 is 1.00 bits per heavy atom. The number of anilines is 1. The molecule has 5 nitrogen and oxygen atoms in total. The van der Waals surface area contributed by atoms with Gasteiger partial charge >= 0.3 is 0 Å². The zero-order valence-electron chi connectivity index (χ0n) is 15.0. The van der Waals surface area contributed by atoms with E-state index in [4.69, 9.17) is 16.3 Å². The molecule has 0 spiro atoms. The summed E-state index contributed by atoms with van der Waals surface area (Å²) in [6, 6.07) is 23.1. The molecule has 6 heteroatoms. The standard InChI is InChI=1S/C22H18ClN3O2/c23-18-8-10-19(11-9-18)28-15-22(27)24-21-12-13-26(25-21)14-17-6-3-5-16-4-1-2-7-20(16)17/h1-13H,14-15H2,(H,24,25,27). The molecule has 0 aliphatic carbocycles. The quantitative estimate of drug-likeness (QED) is 0.515. The highest BCUT2D eigenvalue weighted by molar-refractivity contribution is 6.30. The van der Waals surface area contributed by atoms with Crippen molar-refractivity contribution in [2.75, 3.05) is 11.9 Å². The van der Waals surface area contributed by atoms with Gasteiger partial charge in [0.2, 0.25) is 0 Å². The third-order valence-corrected chi connectivity index (χ3v) is 4.56. The molecule has 0 saturated carbocycles. The number of amides is 1. The number of benzene rings is 3. The van der Waals surface area contributed by atoms with Crippen LogP contribution in [0.3, 0.4) is 0 Å². The Morgan fingerprint density at radius 2 is 1.79 bits per heavy atom. The summed E-state index contributed by atoms with van der Waals surface area (Å²) in [6.45, 7) is 0.524. The first-order valence-electron chi connectivity index (χ1n) is 8.86. The number of nitrogens with zero attached hydrogens (tertiary/aromatic N) is 2. The van der Waals surface area contributed by atoms with E-state index in [9.17, 15) is 4.79 Å². The lowest BCUT2D eigenvalue weighted by atomic mass is 10.0. The summed E-state index contributed by atoms with van der Waals surface area (Å²) < 4.78 is 7.24. The largest absolute Gasteiger partial charge is 0.484 e. The fourth-order valence-corrected chi connectivity index (χ4v) is 3.11. The van der Waals surface area contributed by atoms with Gasteiger partial charge in [0.1, 0.15) is 5.75 Å². The second-order valence-electron chi connectivity index (χ2n) is 6.33. The van der Waals surface area contributed by atoms with E-state index in [1.54, 1.807) is 35.0 Å². The van der Waals surface area contributed by atoms with Crippen LogP contribution in [0.25, 0.3) is 10.8 Å². The van der Waals surface area contributed by atoms with Crippen molar-refractivity contribution in [2.45, 2.75) is 6.54 Å². The van der Waals surface area contributed by atoms with E-state index in [0.717, 1.165) is 0 Å². The van der Waals surface area contributed by atoms with Crippen molar-refractivity contribution in [1.82, 2.24) is 9.78 Å². The van der Waals surface area contributed by atoms with Gasteiger partial charge in [-0.3, -0.25) is 9.48 Å². The van der Waals surface area contributed by atoms with Crippen LogP contribution in [0.5, 0.6) is 5.75 Å². The molecular formula is C22H18ClN3O2. The van der Waals surface area contributed by atoms with Gasteiger partial charge in [0.05, 0.1) is 6.54 Å². The molecule has 0 aliphatic heterocycles. The van der Waals surface area contributed by atoms with Crippen molar-refractivity contribution in [3.8, 4) is 5.75 Å². The third kappa shape index (κ3) is 4.32. The monoisotopic (exact) mass is 391 g/mol. The molecule has 3 aromatic carbocycles. The van der Waals surface area contributed by atoms with Crippen molar-refractivity contribution in [1.29, 1.82) is 0 Å². The Morgan fingerprint density at radius 3 is 2.64 bits per heavy atom. The molecule has 1 amide bonds. The van der Waals surface area contributed by atoms with Crippen LogP contribution in [0.15, 0.2) is 79.0 Å². The lowest BCUT2D eigenvalue weighted by Gasteiger charge is -2.07. The normalized spacial score (nSPS) is 10.8. The van der Waals surface area contributed by atoms with Gasteiger partial charge in [0.15, 0.2) is 12.4 Å². The minimum Gasteiger partial charge on any atom is -0.484 e. The summed E-state index contributed by atoms with van der Waals surface area (Å²) >= 11 is 5.83. The van der Waals surface area contributed by atoms with E-state index in [1.165, 1.54) is 16.3 Å². The van der Waals surface area contributed by atoms with Gasteiger partial charge < -0.3 is 10.1 Å². The topological polar surface area (TPSA) is 56.1 Å². The number of rotatable bonds is 6. The average molecular weight is 392 g/mol. The van der Waals surface area contributed by atoms with Crippen LogP contribution in [0.2, 0.25) is 5.02 Å². The lowest BCUT2D eigenvalue weighted by molar-refractivity contribution is -0.118. The van der Waals surface area contributed by atoms with Crippen LogP contribution in [0, 0.1) is 0 Å². The SMILES string of the molecule is O=C(COc1ccc(Cl)cc1)Nc1ccn(Cc2cccc3ccccc23)n1. The van der Waals surface area contributed by atoms with Gasteiger partial charge in [0.25, 0.3) is 5.91 Å². The van der Waals surface area contributed by atoms with Gasteiger partial charge in [-0.25, -0.2) is 0 Å². The van der Waals surface area contributed by atoms with Gasteiger partial charge in [-0.05, 0) is 40.6 Å². The highest BCUT2D eigenvalue weighted by Gasteiger charge is 2.08. The number of carbonyl (C=O) groups is 1. The summed E-state index contributed by atoms with van der Waals surface area (Å²) in [4.78, 5) is 12.1.